The molecule has 0 fully saturated rings. The average Bonchev–Trinajstić information content (AvgIpc) is 2.85. The van der Waals surface area contributed by atoms with Gasteiger partial charge >= 0.3 is 0 Å². The Morgan fingerprint density at radius 3 is 2.95 bits per heavy atom. The van der Waals surface area contributed by atoms with Crippen LogP contribution in [0.2, 0.25) is 0 Å². The van der Waals surface area contributed by atoms with Crippen LogP contribution in [0.25, 0.3) is 0 Å². The van der Waals surface area contributed by atoms with Crippen LogP contribution in [0, 0.1) is 11.7 Å². The summed E-state index contributed by atoms with van der Waals surface area (Å²) in [4.78, 5) is 4.87. The molecule has 0 atom stereocenters. The van der Waals surface area contributed by atoms with Gasteiger partial charge in [0.05, 0.1) is 4.90 Å². The molecule has 19 heavy (non-hydrogen) atoms. The van der Waals surface area contributed by atoms with Crippen LogP contribution >= 0.6 is 23.1 Å². The first-order valence-electron chi connectivity index (χ1n) is 6.22. The molecule has 2 rings (SSSR count). The zero-order chi connectivity index (χ0) is 13.7. The minimum atomic E-state index is -0.177. The van der Waals surface area contributed by atoms with Crippen molar-refractivity contribution in [1.82, 2.24) is 10.3 Å². The van der Waals surface area contributed by atoms with E-state index in [1.807, 2.05) is 11.4 Å². The van der Waals surface area contributed by atoms with E-state index in [9.17, 15) is 4.39 Å². The summed E-state index contributed by atoms with van der Waals surface area (Å²) < 4.78 is 14.8. The predicted molar refractivity (Wildman–Crippen MR) is 79.2 cm³/mol. The van der Waals surface area contributed by atoms with Gasteiger partial charge in [0.25, 0.3) is 0 Å². The highest BCUT2D eigenvalue weighted by Crippen LogP contribution is 2.33. The lowest BCUT2D eigenvalue weighted by molar-refractivity contribution is 0.543. The normalized spacial score (nSPS) is 11.2. The lowest BCUT2D eigenvalue weighted by Gasteiger charge is -2.11. The van der Waals surface area contributed by atoms with E-state index < -0.39 is 0 Å². The molecule has 0 unspecified atom stereocenters. The fourth-order valence-electron chi connectivity index (χ4n) is 1.65. The zero-order valence-corrected chi connectivity index (χ0v) is 12.7. The molecule has 0 saturated heterocycles. The summed E-state index contributed by atoms with van der Waals surface area (Å²) in [6.07, 6.45) is 1.74. The van der Waals surface area contributed by atoms with Gasteiger partial charge in [0.1, 0.15) is 5.82 Å². The zero-order valence-electron chi connectivity index (χ0n) is 11.0. The number of benzene rings is 1. The SMILES string of the molecule is CC(C)CNCc1cccc(F)c1Sc1nccs1. The van der Waals surface area contributed by atoms with E-state index in [0.29, 0.717) is 17.4 Å². The number of rotatable bonds is 6. The van der Waals surface area contributed by atoms with Crippen molar-refractivity contribution in [3.8, 4) is 0 Å². The van der Waals surface area contributed by atoms with Crippen LogP contribution in [0.15, 0.2) is 39.0 Å². The lowest BCUT2D eigenvalue weighted by Crippen LogP contribution is -2.19. The van der Waals surface area contributed by atoms with E-state index in [4.69, 9.17) is 0 Å². The van der Waals surface area contributed by atoms with Gasteiger partial charge in [0.15, 0.2) is 4.34 Å². The Hall–Kier alpha value is -0.910. The first-order valence-corrected chi connectivity index (χ1v) is 7.92. The number of aromatic nitrogens is 1. The van der Waals surface area contributed by atoms with Crippen LogP contribution < -0.4 is 5.32 Å². The number of thiazole rings is 1. The summed E-state index contributed by atoms with van der Waals surface area (Å²) in [5.74, 6) is 0.410. The van der Waals surface area contributed by atoms with Crippen molar-refractivity contribution in [2.45, 2.75) is 29.6 Å². The van der Waals surface area contributed by atoms with Crippen LogP contribution in [-0.4, -0.2) is 11.5 Å². The number of nitrogens with zero attached hydrogens (tertiary/aromatic N) is 1. The standard InChI is InChI=1S/C14H17FN2S2/c1-10(2)8-16-9-11-4-3-5-12(15)13(11)19-14-17-6-7-18-14/h3-7,10,16H,8-9H2,1-2H3. The molecule has 1 aromatic heterocycles. The molecule has 1 N–H and O–H groups in total. The van der Waals surface area contributed by atoms with E-state index in [1.165, 1.54) is 29.2 Å². The second kappa shape index (κ2) is 7.03. The Bertz CT molecular complexity index is 512. The highest BCUT2D eigenvalue weighted by Gasteiger charge is 2.11. The smallest absolute Gasteiger partial charge is 0.154 e. The number of hydrogen-bond acceptors (Lipinski definition) is 4. The minimum Gasteiger partial charge on any atom is -0.312 e. The summed E-state index contributed by atoms with van der Waals surface area (Å²) >= 11 is 2.93. The molecule has 1 aromatic carbocycles. The van der Waals surface area contributed by atoms with Crippen molar-refractivity contribution in [2.75, 3.05) is 6.54 Å². The second-order valence-corrected chi connectivity index (χ2v) is 6.80. The maximum atomic E-state index is 14.0. The Kier molecular flexibility index (Phi) is 5.36. The second-order valence-electron chi connectivity index (χ2n) is 4.65. The maximum Gasteiger partial charge on any atom is 0.154 e. The molecule has 0 radical (unpaired) electrons. The number of halogens is 1. The third kappa shape index (κ3) is 4.30. The molecular weight excluding hydrogens is 279 g/mol. The largest absolute Gasteiger partial charge is 0.312 e. The fourth-order valence-corrected chi connectivity index (χ4v) is 3.34. The van der Waals surface area contributed by atoms with E-state index >= 15 is 0 Å². The summed E-state index contributed by atoms with van der Waals surface area (Å²) in [7, 11) is 0. The monoisotopic (exact) mass is 296 g/mol. The molecule has 2 nitrogen and oxygen atoms in total. The Morgan fingerprint density at radius 2 is 2.26 bits per heavy atom. The van der Waals surface area contributed by atoms with Crippen molar-refractivity contribution >= 4 is 23.1 Å². The van der Waals surface area contributed by atoms with Gasteiger partial charge in [0.2, 0.25) is 0 Å². The van der Waals surface area contributed by atoms with Crippen molar-refractivity contribution in [3.63, 3.8) is 0 Å². The quantitative estimate of drug-likeness (QED) is 0.865. The van der Waals surface area contributed by atoms with Crippen LogP contribution in [0.4, 0.5) is 4.39 Å². The first kappa shape index (κ1) is 14.5. The molecule has 0 aliphatic carbocycles. The molecule has 0 saturated carbocycles. The van der Waals surface area contributed by atoms with Crippen molar-refractivity contribution < 1.29 is 4.39 Å². The molecule has 1 heterocycles. The van der Waals surface area contributed by atoms with Crippen LogP contribution in [0.1, 0.15) is 19.4 Å². The van der Waals surface area contributed by atoms with Crippen molar-refractivity contribution in [1.29, 1.82) is 0 Å². The van der Waals surface area contributed by atoms with Crippen molar-refractivity contribution in [2.24, 2.45) is 5.92 Å². The van der Waals surface area contributed by atoms with Gasteiger partial charge in [-0.25, -0.2) is 9.37 Å². The highest BCUT2D eigenvalue weighted by atomic mass is 32.2. The topological polar surface area (TPSA) is 24.9 Å². The van der Waals surface area contributed by atoms with Crippen LogP contribution in [-0.2, 0) is 6.54 Å². The number of nitrogens with one attached hydrogen (secondary N) is 1. The molecular formula is C14H17FN2S2. The van der Waals surface area contributed by atoms with Gasteiger partial charge in [-0.05, 0) is 24.1 Å². The average molecular weight is 296 g/mol. The summed E-state index contributed by atoms with van der Waals surface area (Å²) in [6, 6.07) is 5.22. The van der Waals surface area contributed by atoms with Crippen LogP contribution in [0.3, 0.4) is 0 Å². The first-order chi connectivity index (χ1) is 9.16. The number of hydrogen-bond donors (Lipinski definition) is 1. The van der Waals surface area contributed by atoms with E-state index in [-0.39, 0.29) is 5.82 Å². The third-order valence-corrected chi connectivity index (χ3v) is 4.56. The third-order valence-electron chi connectivity index (χ3n) is 2.52. The molecule has 0 aliphatic rings. The lowest BCUT2D eigenvalue weighted by atomic mass is 10.2. The van der Waals surface area contributed by atoms with E-state index in [1.54, 1.807) is 12.3 Å². The molecule has 0 amide bonds. The molecule has 0 spiro atoms. The van der Waals surface area contributed by atoms with E-state index in [0.717, 1.165) is 16.4 Å². The van der Waals surface area contributed by atoms with Gasteiger partial charge in [0, 0.05) is 18.1 Å². The van der Waals surface area contributed by atoms with Gasteiger partial charge in [-0.2, -0.15) is 0 Å². The Balaban J connectivity index is 2.11. The fraction of sp³-hybridized carbons (Fsp3) is 0.357. The summed E-state index contributed by atoms with van der Waals surface area (Å²) in [5, 5.41) is 5.25. The molecule has 0 aliphatic heterocycles. The van der Waals surface area contributed by atoms with Crippen LogP contribution in [0.5, 0.6) is 0 Å². The van der Waals surface area contributed by atoms with Gasteiger partial charge < -0.3 is 5.32 Å². The maximum absolute atomic E-state index is 14.0. The predicted octanol–water partition coefficient (Wildman–Crippen LogP) is 4.18. The molecule has 5 heteroatoms. The molecule has 102 valence electrons. The van der Waals surface area contributed by atoms with Gasteiger partial charge in [-0.1, -0.05) is 37.7 Å². The Morgan fingerprint density at radius 1 is 1.42 bits per heavy atom. The van der Waals surface area contributed by atoms with Gasteiger partial charge in [-0.3, -0.25) is 0 Å². The molecule has 2 aromatic rings. The summed E-state index contributed by atoms with van der Waals surface area (Å²) in [6.45, 7) is 5.93. The molecule has 0 bridgehead atoms. The van der Waals surface area contributed by atoms with E-state index in [2.05, 4.69) is 24.1 Å². The van der Waals surface area contributed by atoms with Crippen molar-refractivity contribution in [3.05, 3.63) is 41.2 Å². The minimum absolute atomic E-state index is 0.177. The Labute approximate surface area is 121 Å². The highest BCUT2D eigenvalue weighted by molar-refractivity contribution is 8.01. The summed E-state index contributed by atoms with van der Waals surface area (Å²) in [5.41, 5.74) is 0.987. The van der Waals surface area contributed by atoms with Gasteiger partial charge in [-0.15, -0.1) is 11.3 Å².